The summed E-state index contributed by atoms with van der Waals surface area (Å²) in [6.45, 7) is 1.60. The Labute approximate surface area is 99.5 Å². The minimum atomic E-state index is -1.16. The van der Waals surface area contributed by atoms with E-state index in [0.717, 1.165) is 0 Å². The van der Waals surface area contributed by atoms with Crippen LogP contribution in [0.3, 0.4) is 0 Å². The van der Waals surface area contributed by atoms with Crippen LogP contribution in [0.5, 0.6) is 5.75 Å². The predicted octanol–water partition coefficient (Wildman–Crippen LogP) is 0.338. The van der Waals surface area contributed by atoms with Crippen LogP contribution in [0.15, 0.2) is 18.2 Å². The molecule has 94 valence electrons. The Balaban J connectivity index is 3.08. The maximum atomic E-state index is 11.5. The molecule has 5 heteroatoms. The first-order valence-corrected chi connectivity index (χ1v) is 5.43. The van der Waals surface area contributed by atoms with Gasteiger partial charge in [0.15, 0.2) is 5.78 Å². The number of nitrogens with two attached hydrogens (primary N) is 1. The summed E-state index contributed by atoms with van der Waals surface area (Å²) >= 11 is 0. The highest BCUT2D eigenvalue weighted by atomic mass is 16.3. The normalized spacial score (nSPS) is 14.4. The first kappa shape index (κ1) is 13.6. The van der Waals surface area contributed by atoms with E-state index in [1.807, 2.05) is 0 Å². The molecule has 0 aliphatic rings. The molecule has 0 saturated heterocycles. The van der Waals surface area contributed by atoms with Crippen molar-refractivity contribution in [3.8, 4) is 5.75 Å². The van der Waals surface area contributed by atoms with Crippen LogP contribution < -0.4 is 5.73 Å². The lowest BCUT2D eigenvalue weighted by Crippen LogP contribution is -2.27. The molecule has 17 heavy (non-hydrogen) atoms. The van der Waals surface area contributed by atoms with Crippen molar-refractivity contribution < 1.29 is 20.1 Å². The summed E-state index contributed by atoms with van der Waals surface area (Å²) in [5, 5.41) is 28.7. The molecule has 0 spiro atoms. The van der Waals surface area contributed by atoms with Gasteiger partial charge in [0.25, 0.3) is 0 Å². The highest BCUT2D eigenvalue weighted by Gasteiger charge is 2.19. The largest absolute Gasteiger partial charge is 0.507 e. The number of aliphatic hydroxyl groups excluding tert-OH is 2. The van der Waals surface area contributed by atoms with Gasteiger partial charge in [0, 0.05) is 13.0 Å². The zero-order valence-electron chi connectivity index (χ0n) is 9.63. The SMILES string of the molecule is CCC(=O)c1cc(C(O)C(O)CN)ccc1O. The molecular weight excluding hydrogens is 222 g/mol. The van der Waals surface area contributed by atoms with Gasteiger partial charge in [0.1, 0.15) is 11.9 Å². The third-order valence-corrected chi connectivity index (χ3v) is 2.59. The van der Waals surface area contributed by atoms with Gasteiger partial charge >= 0.3 is 0 Å². The Morgan fingerprint density at radius 2 is 2.06 bits per heavy atom. The minimum absolute atomic E-state index is 0.0842. The Morgan fingerprint density at radius 3 is 2.59 bits per heavy atom. The molecule has 0 bridgehead atoms. The van der Waals surface area contributed by atoms with Gasteiger partial charge in [0.2, 0.25) is 0 Å². The lowest BCUT2D eigenvalue weighted by molar-refractivity contribution is 0.0243. The number of Topliss-reactive ketones (excluding diaryl/α,β-unsaturated/α-hetero) is 1. The first-order valence-electron chi connectivity index (χ1n) is 5.43. The van der Waals surface area contributed by atoms with Crippen molar-refractivity contribution in [3.05, 3.63) is 29.3 Å². The van der Waals surface area contributed by atoms with Gasteiger partial charge in [-0.25, -0.2) is 0 Å². The number of hydrogen-bond donors (Lipinski definition) is 4. The fourth-order valence-electron chi connectivity index (χ4n) is 1.50. The molecule has 0 amide bonds. The minimum Gasteiger partial charge on any atom is -0.507 e. The van der Waals surface area contributed by atoms with Gasteiger partial charge in [-0.15, -0.1) is 0 Å². The van der Waals surface area contributed by atoms with Crippen molar-refractivity contribution in [2.45, 2.75) is 25.6 Å². The first-order chi connectivity index (χ1) is 8.01. The van der Waals surface area contributed by atoms with Crippen molar-refractivity contribution in [2.75, 3.05) is 6.54 Å². The van der Waals surface area contributed by atoms with Crippen LogP contribution in [0.25, 0.3) is 0 Å². The van der Waals surface area contributed by atoms with Gasteiger partial charge in [0.05, 0.1) is 11.7 Å². The fourth-order valence-corrected chi connectivity index (χ4v) is 1.50. The van der Waals surface area contributed by atoms with Crippen LogP contribution in [0.2, 0.25) is 0 Å². The second-order valence-electron chi connectivity index (χ2n) is 3.80. The van der Waals surface area contributed by atoms with Crippen LogP contribution in [0.1, 0.15) is 35.4 Å². The Morgan fingerprint density at radius 1 is 1.41 bits per heavy atom. The molecule has 0 aliphatic carbocycles. The van der Waals surface area contributed by atoms with Crippen molar-refractivity contribution in [1.82, 2.24) is 0 Å². The maximum Gasteiger partial charge on any atom is 0.166 e. The molecule has 0 fully saturated rings. The average molecular weight is 239 g/mol. The van der Waals surface area contributed by atoms with Gasteiger partial charge in [-0.05, 0) is 17.7 Å². The van der Waals surface area contributed by atoms with E-state index in [2.05, 4.69) is 0 Å². The highest BCUT2D eigenvalue weighted by molar-refractivity contribution is 5.98. The Bertz CT molecular complexity index is 405. The van der Waals surface area contributed by atoms with Gasteiger partial charge in [-0.3, -0.25) is 4.79 Å². The third-order valence-electron chi connectivity index (χ3n) is 2.59. The van der Waals surface area contributed by atoms with E-state index in [4.69, 9.17) is 5.73 Å². The van der Waals surface area contributed by atoms with Crippen LogP contribution in [-0.2, 0) is 0 Å². The molecule has 0 aromatic heterocycles. The fraction of sp³-hybridized carbons (Fsp3) is 0.417. The number of aliphatic hydroxyl groups is 2. The lowest BCUT2D eigenvalue weighted by atomic mass is 9.99. The number of rotatable bonds is 5. The van der Waals surface area contributed by atoms with E-state index in [0.29, 0.717) is 5.56 Å². The quantitative estimate of drug-likeness (QED) is 0.555. The van der Waals surface area contributed by atoms with Crippen LogP contribution >= 0.6 is 0 Å². The van der Waals surface area contributed by atoms with Gasteiger partial charge in [-0.2, -0.15) is 0 Å². The second kappa shape index (κ2) is 5.77. The number of carbonyl (C=O) groups excluding carboxylic acids is 1. The Kier molecular flexibility index (Phi) is 4.62. The average Bonchev–Trinajstić information content (AvgIpc) is 2.36. The molecule has 5 nitrogen and oxygen atoms in total. The lowest BCUT2D eigenvalue weighted by Gasteiger charge is -2.17. The number of aromatic hydroxyl groups is 1. The molecule has 0 radical (unpaired) electrons. The van der Waals surface area contributed by atoms with Gasteiger partial charge in [-0.1, -0.05) is 13.0 Å². The number of hydrogen-bond acceptors (Lipinski definition) is 5. The maximum absolute atomic E-state index is 11.5. The molecule has 0 aliphatic heterocycles. The number of ketones is 1. The van der Waals surface area contributed by atoms with Crippen molar-refractivity contribution in [1.29, 1.82) is 0 Å². The topological polar surface area (TPSA) is 104 Å². The molecule has 1 aromatic rings. The zero-order valence-corrected chi connectivity index (χ0v) is 9.63. The van der Waals surface area contributed by atoms with E-state index in [1.165, 1.54) is 18.2 Å². The standard InChI is InChI=1S/C12H17NO4/c1-2-9(14)8-5-7(3-4-10(8)15)12(17)11(16)6-13/h3-5,11-12,15-17H,2,6,13H2,1H3. The molecule has 2 unspecified atom stereocenters. The third kappa shape index (κ3) is 3.03. The summed E-state index contributed by atoms with van der Waals surface area (Å²) in [6, 6.07) is 4.15. The molecule has 0 saturated carbocycles. The van der Waals surface area contributed by atoms with E-state index >= 15 is 0 Å². The van der Waals surface area contributed by atoms with E-state index in [-0.39, 0.29) is 30.1 Å². The number of benzene rings is 1. The molecule has 1 rings (SSSR count). The molecule has 2 atom stereocenters. The summed E-state index contributed by atoms with van der Waals surface area (Å²) < 4.78 is 0. The molecule has 1 aromatic carbocycles. The van der Waals surface area contributed by atoms with Crippen LogP contribution in [0.4, 0.5) is 0 Å². The summed E-state index contributed by atoms with van der Waals surface area (Å²) in [4.78, 5) is 11.5. The summed E-state index contributed by atoms with van der Waals surface area (Å²) in [5.41, 5.74) is 5.74. The second-order valence-corrected chi connectivity index (χ2v) is 3.80. The van der Waals surface area contributed by atoms with E-state index in [1.54, 1.807) is 6.92 Å². The van der Waals surface area contributed by atoms with Crippen LogP contribution in [-0.4, -0.2) is 33.8 Å². The van der Waals surface area contributed by atoms with Crippen molar-refractivity contribution in [2.24, 2.45) is 5.73 Å². The number of phenolic OH excluding ortho intramolecular Hbond substituents is 1. The number of carbonyl (C=O) groups is 1. The molecule has 0 heterocycles. The summed E-state index contributed by atoms with van der Waals surface area (Å²) in [6.07, 6.45) is -2.00. The monoisotopic (exact) mass is 239 g/mol. The van der Waals surface area contributed by atoms with Crippen molar-refractivity contribution >= 4 is 5.78 Å². The number of phenols is 1. The predicted molar refractivity (Wildman–Crippen MR) is 62.7 cm³/mol. The molecule has 5 N–H and O–H groups in total. The van der Waals surface area contributed by atoms with E-state index < -0.39 is 12.2 Å². The smallest absolute Gasteiger partial charge is 0.166 e. The molecular formula is C12H17NO4. The zero-order chi connectivity index (χ0) is 13.0. The Hall–Kier alpha value is -1.43. The van der Waals surface area contributed by atoms with E-state index in [9.17, 15) is 20.1 Å². The van der Waals surface area contributed by atoms with Crippen LogP contribution in [0, 0.1) is 0 Å². The summed E-state index contributed by atoms with van der Waals surface area (Å²) in [7, 11) is 0. The van der Waals surface area contributed by atoms with Crippen molar-refractivity contribution in [3.63, 3.8) is 0 Å². The highest BCUT2D eigenvalue weighted by Crippen LogP contribution is 2.25. The van der Waals surface area contributed by atoms with Gasteiger partial charge < -0.3 is 21.1 Å². The summed E-state index contributed by atoms with van der Waals surface area (Å²) in [5.74, 6) is -0.353.